The predicted molar refractivity (Wildman–Crippen MR) is 301 cm³/mol. The van der Waals surface area contributed by atoms with Gasteiger partial charge in [0.05, 0.1) is 47.6 Å². The van der Waals surface area contributed by atoms with Crippen LogP contribution in [0.25, 0.3) is 0 Å². The summed E-state index contributed by atoms with van der Waals surface area (Å²) in [5, 5.41) is 0. The molecule has 5 heterocycles. The highest BCUT2D eigenvalue weighted by atomic mass is 16.8. The molecule has 9 fully saturated rings. The normalized spacial score (nSPS) is 55.1. The van der Waals surface area contributed by atoms with Crippen LogP contribution in [0.4, 0.5) is 0 Å². The number of esters is 1. The molecule has 0 amide bonds. The molecule has 77 heavy (non-hydrogen) atoms. The minimum atomic E-state index is -0.799. The van der Waals surface area contributed by atoms with Crippen molar-refractivity contribution in [2.75, 3.05) is 0 Å². The molecule has 5 saturated heterocycles. The first-order valence-electron chi connectivity index (χ1n) is 32.1. The van der Waals surface area contributed by atoms with Gasteiger partial charge in [-0.3, -0.25) is 4.79 Å². The smallest absolute Gasteiger partial charge is 0.314 e. The number of fused-ring (bicyclic) bond motifs is 3. The van der Waals surface area contributed by atoms with Crippen LogP contribution in [0.1, 0.15) is 215 Å². The van der Waals surface area contributed by atoms with Crippen molar-refractivity contribution >= 4 is 5.97 Å². The molecule has 4 saturated carbocycles. The van der Waals surface area contributed by atoms with Crippen molar-refractivity contribution in [2.45, 2.75) is 301 Å². The summed E-state index contributed by atoms with van der Waals surface area (Å²) in [5.74, 6) is 3.97. The third kappa shape index (κ3) is 10.5. The molecule has 0 aromatic rings. The fraction of sp³-hybridized carbons (Fsp3) is 0.955. The molecule has 31 atom stereocenters. The van der Waals surface area contributed by atoms with Crippen LogP contribution < -0.4 is 0 Å². The van der Waals surface area contributed by atoms with Gasteiger partial charge in [0.1, 0.15) is 12.2 Å². The molecule has 0 unspecified atom stereocenters. The fourth-order valence-electron chi connectivity index (χ4n) is 18.6. The van der Waals surface area contributed by atoms with Gasteiger partial charge in [0, 0.05) is 23.7 Å². The van der Waals surface area contributed by atoms with Crippen LogP contribution in [0, 0.1) is 99.1 Å². The number of carbonyl (C=O) groups is 1. The summed E-state index contributed by atoms with van der Waals surface area (Å²) in [6.45, 7) is 48.3. The van der Waals surface area contributed by atoms with E-state index in [4.69, 9.17) is 53.9 Å². The highest BCUT2D eigenvalue weighted by molar-refractivity contribution is 5.77. The van der Waals surface area contributed by atoms with Crippen LogP contribution in [0.5, 0.6) is 0 Å². The maximum absolute atomic E-state index is 15.4. The Balaban J connectivity index is 0.969. The van der Waals surface area contributed by atoms with E-state index >= 15 is 4.79 Å². The minimum Gasteiger partial charge on any atom is -0.432 e. The van der Waals surface area contributed by atoms with Crippen molar-refractivity contribution in [3.05, 3.63) is 12.2 Å². The minimum absolute atomic E-state index is 0.00316. The third-order valence-electron chi connectivity index (χ3n) is 25.3. The molecule has 442 valence electrons. The van der Waals surface area contributed by atoms with E-state index in [1.807, 2.05) is 0 Å². The first-order chi connectivity index (χ1) is 36.3. The lowest BCUT2D eigenvalue weighted by atomic mass is 9.41. The van der Waals surface area contributed by atoms with Crippen LogP contribution in [-0.2, 0) is 52.2 Å². The summed E-state index contributed by atoms with van der Waals surface area (Å²) >= 11 is 0. The number of hydrogen-bond donors (Lipinski definition) is 0. The largest absolute Gasteiger partial charge is 0.432 e. The molecule has 5 aliphatic heterocycles. The Morgan fingerprint density at radius 2 is 0.961 bits per heavy atom. The van der Waals surface area contributed by atoms with E-state index in [9.17, 15) is 0 Å². The van der Waals surface area contributed by atoms with Gasteiger partial charge in [-0.15, -0.1) is 0 Å². The lowest BCUT2D eigenvalue weighted by Gasteiger charge is -2.64. The summed E-state index contributed by atoms with van der Waals surface area (Å²) in [7, 11) is 0. The van der Waals surface area contributed by atoms with Crippen molar-refractivity contribution < 1.29 is 52.2 Å². The van der Waals surface area contributed by atoms with Crippen molar-refractivity contribution in [3.63, 3.8) is 0 Å². The molecule has 0 N–H and O–H groups in total. The molecular formula is C66H112O11. The van der Waals surface area contributed by atoms with Crippen LogP contribution in [0.15, 0.2) is 12.2 Å². The number of hydrogen-bond acceptors (Lipinski definition) is 11. The van der Waals surface area contributed by atoms with Gasteiger partial charge in [-0.1, -0.05) is 131 Å². The second-order valence-electron chi connectivity index (χ2n) is 28.9. The number of carbonyl (C=O) groups excluding carboxylic acids is 1. The molecule has 0 aromatic carbocycles. The summed E-state index contributed by atoms with van der Waals surface area (Å²) < 4.78 is 71.1. The molecule has 4 aliphatic carbocycles. The van der Waals surface area contributed by atoms with Crippen molar-refractivity contribution in [3.8, 4) is 0 Å². The van der Waals surface area contributed by atoms with E-state index in [2.05, 4.69) is 132 Å². The Labute approximate surface area is 468 Å². The van der Waals surface area contributed by atoms with E-state index in [0.29, 0.717) is 41.4 Å². The summed E-state index contributed by atoms with van der Waals surface area (Å²) in [4.78, 5) is 15.4. The SMILES string of the molecule is C=C1C[C@@]23CC[C@H]4[C@@](C)(CCC[C@@]4(C)C(=O)O[C@@H]4O[C@H](CC)[C@@H](C)[C@H](C)[C@H]4O[C@@H]4O[C@@H](C)[C@H](C)[C@@H](C)[C@H]4C)[C@@H]2CC[C@]1(O[C@@H]1O[C@H](CC)[C@@H](C)[C@H](O[C@@H]2O[C@H](CC)[C@@H](C)[C@H](C)[C@H]2C)[C@H]1O[C@@H]1O[C@H](CC)[C@@H](C)[C@H](C)[C@H]1C)C3. The van der Waals surface area contributed by atoms with E-state index in [1.54, 1.807) is 0 Å². The van der Waals surface area contributed by atoms with Crippen LogP contribution in [0.3, 0.4) is 0 Å². The monoisotopic (exact) mass is 1080 g/mol. The van der Waals surface area contributed by atoms with Gasteiger partial charge < -0.3 is 47.4 Å². The molecule has 9 aliphatic rings. The topological polar surface area (TPSA) is 109 Å². The Bertz CT molecular complexity index is 2030. The second kappa shape index (κ2) is 23.1. The van der Waals surface area contributed by atoms with Gasteiger partial charge in [0.25, 0.3) is 0 Å². The van der Waals surface area contributed by atoms with Crippen molar-refractivity contribution in [2.24, 2.45) is 99.1 Å². The Morgan fingerprint density at radius 3 is 1.53 bits per heavy atom. The summed E-state index contributed by atoms with van der Waals surface area (Å²) in [6.07, 6.45) is 8.26. The summed E-state index contributed by atoms with van der Waals surface area (Å²) in [5.41, 5.74) is -0.120. The molecular weight excluding hydrogens is 969 g/mol. The first kappa shape index (κ1) is 60.4. The maximum Gasteiger partial charge on any atom is 0.314 e. The Hall–Kier alpha value is -1.15. The molecule has 11 nitrogen and oxygen atoms in total. The fourth-order valence-corrected chi connectivity index (χ4v) is 18.6. The lowest BCUT2D eigenvalue weighted by molar-refractivity contribution is -0.381. The standard InChI is InChI=1S/C66H112O11/c1-21-48-39(10)36(7)44(15)58(69-48)73-54-46(17)51(24-4)72-61(56(54)75-59-45(16)37(8)40(11)49(22-2)70-59)77-66-31-27-53-63(19)28-25-29-64(20,52(63)26-30-65(53,33-66)32-34(66)5)62(67)76-60-55(42(13)41(12)50(23-3)71-60)74-57-43(14)35(6)38(9)47(18)68-57/h35-61H,5,21-33H2,1-4,6-20H3/t35-,36+,37+,38-,39+,40+,41+,42+,43-,44-,45-,46-,47+,48-,49-,50-,51-,52+,53+,54+,55-,56-,57+,58+,59+,60+,61+,63-,64-,65-,66+/m1/s1. The van der Waals surface area contributed by atoms with Gasteiger partial charge in [0.2, 0.25) is 6.29 Å². The molecule has 0 aromatic heterocycles. The van der Waals surface area contributed by atoms with Crippen LogP contribution >= 0.6 is 0 Å². The molecule has 1 spiro atoms. The molecule has 9 rings (SSSR count). The molecule has 0 radical (unpaired) electrons. The molecule has 11 heteroatoms. The van der Waals surface area contributed by atoms with E-state index in [1.165, 1.54) is 5.57 Å². The second-order valence-corrected chi connectivity index (χ2v) is 28.9. The lowest BCUT2D eigenvalue weighted by Crippen LogP contribution is -2.63. The summed E-state index contributed by atoms with van der Waals surface area (Å²) in [6, 6.07) is 0. The van der Waals surface area contributed by atoms with E-state index in [-0.39, 0.29) is 101 Å². The van der Waals surface area contributed by atoms with Gasteiger partial charge in [-0.05, 0) is 166 Å². The van der Waals surface area contributed by atoms with Gasteiger partial charge in [0.15, 0.2) is 25.2 Å². The highest BCUT2D eigenvalue weighted by Crippen LogP contribution is 2.74. The zero-order valence-corrected chi connectivity index (χ0v) is 52.0. The average molecular weight is 1080 g/mol. The number of rotatable bonds is 14. The van der Waals surface area contributed by atoms with Gasteiger partial charge >= 0.3 is 5.97 Å². The zero-order chi connectivity index (χ0) is 56.0. The predicted octanol–water partition coefficient (Wildman–Crippen LogP) is 14.7. The van der Waals surface area contributed by atoms with Crippen molar-refractivity contribution in [1.29, 1.82) is 0 Å². The Morgan fingerprint density at radius 1 is 0.494 bits per heavy atom. The van der Waals surface area contributed by atoms with Crippen molar-refractivity contribution in [1.82, 2.24) is 0 Å². The van der Waals surface area contributed by atoms with Gasteiger partial charge in [-0.25, -0.2) is 0 Å². The average Bonchev–Trinajstić information content (AvgIpc) is 3.93. The van der Waals surface area contributed by atoms with E-state index in [0.717, 1.165) is 83.5 Å². The number of ether oxygens (including phenoxy) is 10. The highest BCUT2D eigenvalue weighted by Gasteiger charge is 2.70. The third-order valence-corrected chi connectivity index (χ3v) is 25.3. The van der Waals surface area contributed by atoms with Gasteiger partial charge in [-0.2, -0.15) is 0 Å². The molecule has 2 bridgehead atoms. The zero-order valence-electron chi connectivity index (χ0n) is 52.0. The van der Waals surface area contributed by atoms with Crippen LogP contribution in [-0.4, -0.2) is 91.9 Å². The quantitative estimate of drug-likeness (QED) is 0.0942. The maximum atomic E-state index is 15.4. The Kier molecular flexibility index (Phi) is 18.2. The first-order valence-corrected chi connectivity index (χ1v) is 32.1. The van der Waals surface area contributed by atoms with E-state index < -0.39 is 48.4 Å². The van der Waals surface area contributed by atoms with Crippen LogP contribution in [0.2, 0.25) is 0 Å².